The van der Waals surface area contributed by atoms with Crippen molar-refractivity contribution in [1.82, 2.24) is 0 Å². The SMILES string of the molecule is C#CCC1(C)c2ccccc2-c2ccccc21.CC.CC. The van der Waals surface area contributed by atoms with E-state index in [1.807, 2.05) is 27.7 Å². The molecule has 0 unspecified atom stereocenters. The fourth-order valence-corrected chi connectivity index (χ4v) is 2.94. The second kappa shape index (κ2) is 7.70. The maximum atomic E-state index is 5.56. The maximum Gasteiger partial charge on any atom is 0.0296 e. The topological polar surface area (TPSA) is 0 Å². The van der Waals surface area contributed by atoms with Crippen LogP contribution in [-0.4, -0.2) is 0 Å². The summed E-state index contributed by atoms with van der Waals surface area (Å²) in [6.45, 7) is 10.2. The van der Waals surface area contributed by atoms with Crippen LogP contribution in [0.2, 0.25) is 0 Å². The Morgan fingerprint density at radius 2 is 1.19 bits per heavy atom. The van der Waals surface area contributed by atoms with Gasteiger partial charge in [-0.3, -0.25) is 0 Å². The molecule has 0 saturated carbocycles. The molecule has 2 aromatic carbocycles. The van der Waals surface area contributed by atoms with Gasteiger partial charge in [-0.15, -0.1) is 12.3 Å². The highest BCUT2D eigenvalue weighted by Crippen LogP contribution is 2.50. The van der Waals surface area contributed by atoms with Crippen LogP contribution in [0.3, 0.4) is 0 Å². The molecule has 0 nitrogen and oxygen atoms in total. The molecule has 0 amide bonds. The predicted octanol–water partition coefficient (Wildman–Crippen LogP) is 6.05. The highest BCUT2D eigenvalue weighted by Gasteiger charge is 2.37. The Balaban J connectivity index is 0.000000510. The summed E-state index contributed by atoms with van der Waals surface area (Å²) in [7, 11) is 0. The Bertz CT molecular complexity index is 568. The van der Waals surface area contributed by atoms with Gasteiger partial charge >= 0.3 is 0 Å². The molecule has 0 atom stereocenters. The van der Waals surface area contributed by atoms with E-state index >= 15 is 0 Å². The van der Waals surface area contributed by atoms with Crippen molar-refractivity contribution in [3.8, 4) is 23.5 Å². The van der Waals surface area contributed by atoms with Crippen molar-refractivity contribution in [2.45, 2.75) is 46.5 Å². The Hall–Kier alpha value is -2.00. The molecule has 3 rings (SSSR count). The summed E-state index contributed by atoms with van der Waals surface area (Å²) in [4.78, 5) is 0. The third-order valence-corrected chi connectivity index (χ3v) is 3.79. The molecule has 21 heavy (non-hydrogen) atoms. The van der Waals surface area contributed by atoms with Gasteiger partial charge in [0.15, 0.2) is 0 Å². The van der Waals surface area contributed by atoms with Crippen LogP contribution in [0.5, 0.6) is 0 Å². The highest BCUT2D eigenvalue weighted by molar-refractivity contribution is 5.80. The van der Waals surface area contributed by atoms with Crippen LogP contribution in [0.15, 0.2) is 48.5 Å². The lowest BCUT2D eigenvalue weighted by atomic mass is 9.78. The van der Waals surface area contributed by atoms with Gasteiger partial charge in [-0.25, -0.2) is 0 Å². The largest absolute Gasteiger partial charge is 0.120 e. The zero-order valence-electron chi connectivity index (χ0n) is 13.9. The molecular weight excluding hydrogens is 252 g/mol. The number of fused-ring (bicyclic) bond motifs is 3. The van der Waals surface area contributed by atoms with Gasteiger partial charge in [0.25, 0.3) is 0 Å². The fraction of sp³-hybridized carbons (Fsp3) is 0.333. The first-order chi connectivity index (χ1) is 10.3. The number of benzene rings is 2. The smallest absolute Gasteiger partial charge is 0.0296 e. The molecule has 0 radical (unpaired) electrons. The third-order valence-electron chi connectivity index (χ3n) is 3.79. The van der Waals surface area contributed by atoms with Crippen molar-refractivity contribution in [1.29, 1.82) is 0 Å². The van der Waals surface area contributed by atoms with Crippen LogP contribution < -0.4 is 0 Å². The average Bonchev–Trinajstić information content (AvgIpc) is 2.82. The average molecular weight is 278 g/mol. The summed E-state index contributed by atoms with van der Waals surface area (Å²) < 4.78 is 0. The minimum atomic E-state index is -0.0259. The zero-order valence-corrected chi connectivity index (χ0v) is 13.9. The molecule has 0 heteroatoms. The van der Waals surface area contributed by atoms with E-state index in [1.54, 1.807) is 0 Å². The van der Waals surface area contributed by atoms with Gasteiger partial charge in [0, 0.05) is 11.8 Å². The van der Waals surface area contributed by atoms with Gasteiger partial charge in [0.1, 0.15) is 0 Å². The summed E-state index contributed by atoms with van der Waals surface area (Å²) in [6.07, 6.45) is 6.31. The summed E-state index contributed by atoms with van der Waals surface area (Å²) in [5, 5.41) is 0. The highest BCUT2D eigenvalue weighted by atomic mass is 14.4. The molecule has 0 N–H and O–H groups in total. The van der Waals surface area contributed by atoms with E-state index in [0.717, 1.165) is 6.42 Å². The first kappa shape index (κ1) is 17.1. The molecule has 0 fully saturated rings. The molecular formula is C21H26. The van der Waals surface area contributed by atoms with Gasteiger partial charge in [0.05, 0.1) is 0 Å². The van der Waals surface area contributed by atoms with Crippen LogP contribution in [-0.2, 0) is 5.41 Å². The van der Waals surface area contributed by atoms with E-state index < -0.39 is 0 Å². The quantitative estimate of drug-likeness (QED) is 0.557. The van der Waals surface area contributed by atoms with Crippen LogP contribution >= 0.6 is 0 Å². The zero-order chi connectivity index (χ0) is 15.9. The molecule has 2 aromatic rings. The maximum absolute atomic E-state index is 5.56. The second-order valence-electron chi connectivity index (χ2n) is 4.80. The van der Waals surface area contributed by atoms with Crippen molar-refractivity contribution in [3.63, 3.8) is 0 Å². The molecule has 0 aliphatic heterocycles. The van der Waals surface area contributed by atoms with E-state index in [4.69, 9.17) is 6.42 Å². The molecule has 0 heterocycles. The molecule has 110 valence electrons. The van der Waals surface area contributed by atoms with Gasteiger partial charge in [0.2, 0.25) is 0 Å². The second-order valence-corrected chi connectivity index (χ2v) is 4.80. The standard InChI is InChI=1S/C17H14.2C2H6/c1-3-12-17(2)15-10-6-4-8-13(15)14-9-5-7-11-16(14)17;2*1-2/h1,4-11H,12H2,2H3;2*1-2H3. The number of hydrogen-bond donors (Lipinski definition) is 0. The van der Waals surface area contributed by atoms with E-state index in [9.17, 15) is 0 Å². The Morgan fingerprint density at radius 3 is 1.57 bits per heavy atom. The van der Waals surface area contributed by atoms with Crippen molar-refractivity contribution in [2.24, 2.45) is 0 Å². The summed E-state index contributed by atoms with van der Waals surface area (Å²) >= 11 is 0. The summed E-state index contributed by atoms with van der Waals surface area (Å²) in [5.74, 6) is 2.83. The van der Waals surface area contributed by atoms with E-state index in [1.165, 1.54) is 22.3 Å². The van der Waals surface area contributed by atoms with Crippen LogP contribution in [0, 0.1) is 12.3 Å². The lowest BCUT2D eigenvalue weighted by molar-refractivity contribution is 0.607. The lowest BCUT2D eigenvalue weighted by Crippen LogP contribution is -2.19. The Morgan fingerprint density at radius 1 is 0.810 bits per heavy atom. The minimum Gasteiger partial charge on any atom is -0.120 e. The third kappa shape index (κ3) is 2.88. The van der Waals surface area contributed by atoms with E-state index in [-0.39, 0.29) is 5.41 Å². The normalized spacial score (nSPS) is 12.6. The van der Waals surface area contributed by atoms with Crippen molar-refractivity contribution in [3.05, 3.63) is 59.7 Å². The summed E-state index contributed by atoms with van der Waals surface area (Å²) in [5.41, 5.74) is 5.36. The Kier molecular flexibility index (Phi) is 6.25. The molecule has 1 aliphatic rings. The van der Waals surface area contributed by atoms with Crippen LogP contribution in [0.25, 0.3) is 11.1 Å². The Labute approximate surface area is 130 Å². The van der Waals surface area contributed by atoms with Crippen molar-refractivity contribution >= 4 is 0 Å². The van der Waals surface area contributed by atoms with Crippen molar-refractivity contribution < 1.29 is 0 Å². The molecule has 1 aliphatic carbocycles. The van der Waals surface area contributed by atoms with Gasteiger partial charge in [-0.1, -0.05) is 83.1 Å². The number of hydrogen-bond acceptors (Lipinski definition) is 0. The van der Waals surface area contributed by atoms with Gasteiger partial charge in [-0.05, 0) is 22.3 Å². The molecule has 0 saturated heterocycles. The van der Waals surface area contributed by atoms with Gasteiger partial charge in [-0.2, -0.15) is 0 Å². The number of rotatable bonds is 1. The van der Waals surface area contributed by atoms with Crippen LogP contribution in [0.1, 0.15) is 52.2 Å². The van der Waals surface area contributed by atoms with E-state index in [2.05, 4.69) is 61.4 Å². The molecule has 0 spiro atoms. The first-order valence-electron chi connectivity index (χ1n) is 7.90. The van der Waals surface area contributed by atoms with E-state index in [0.29, 0.717) is 0 Å². The predicted molar refractivity (Wildman–Crippen MR) is 94.5 cm³/mol. The van der Waals surface area contributed by atoms with Gasteiger partial charge < -0.3 is 0 Å². The monoisotopic (exact) mass is 278 g/mol. The minimum absolute atomic E-state index is 0.0259. The van der Waals surface area contributed by atoms with Crippen molar-refractivity contribution in [2.75, 3.05) is 0 Å². The molecule has 0 bridgehead atoms. The number of terminal acetylenes is 1. The summed E-state index contributed by atoms with van der Waals surface area (Å²) in [6, 6.07) is 17.2. The lowest BCUT2D eigenvalue weighted by Gasteiger charge is -2.24. The fourth-order valence-electron chi connectivity index (χ4n) is 2.94. The molecule has 0 aromatic heterocycles. The first-order valence-corrected chi connectivity index (χ1v) is 7.90. The van der Waals surface area contributed by atoms with Crippen LogP contribution in [0.4, 0.5) is 0 Å².